The topological polar surface area (TPSA) is 58.4 Å². The highest BCUT2D eigenvalue weighted by Crippen LogP contribution is 2.18. The maximum atomic E-state index is 5.78. The molecular weight excluding hydrogens is 250 g/mol. The Morgan fingerprint density at radius 1 is 1.06 bits per heavy atom. The number of hydrogen-bond donors (Lipinski definition) is 0. The van der Waals surface area contributed by atoms with Crippen LogP contribution < -0.4 is 0 Å². The van der Waals surface area contributed by atoms with Crippen molar-refractivity contribution in [2.24, 2.45) is 0 Å². The Bertz CT molecular complexity index is 291. The molecule has 0 amide bonds. The Balaban J connectivity index is 2.47. The van der Waals surface area contributed by atoms with Crippen LogP contribution in [-0.4, -0.2) is 43.4 Å². The van der Waals surface area contributed by atoms with E-state index >= 15 is 0 Å². The Labute approximate surface area is 110 Å². The Kier molecular flexibility index (Phi) is 7.10. The summed E-state index contributed by atoms with van der Waals surface area (Å²) in [6, 6.07) is 0.808. The summed E-state index contributed by atoms with van der Waals surface area (Å²) < 4.78 is 19.1. The number of nitrogens with zero attached hydrogens (tertiary/aromatic N) is 3. The first-order valence-electron chi connectivity index (χ1n) is 6.50. The SMILES string of the molecule is CCO[Si](CCCn1cncn1)(OCC)OCC. The first kappa shape index (κ1) is 15.3. The van der Waals surface area contributed by atoms with Gasteiger partial charge in [0.05, 0.1) is 0 Å². The number of aromatic nitrogens is 3. The number of hydrogen-bond acceptors (Lipinski definition) is 5. The summed E-state index contributed by atoms with van der Waals surface area (Å²) in [6.45, 7) is 8.58. The molecule has 0 atom stereocenters. The van der Waals surface area contributed by atoms with Crippen LogP contribution in [-0.2, 0) is 19.8 Å². The lowest BCUT2D eigenvalue weighted by atomic mass is 10.5. The van der Waals surface area contributed by atoms with E-state index in [9.17, 15) is 0 Å². The van der Waals surface area contributed by atoms with Crippen molar-refractivity contribution in [2.75, 3.05) is 19.8 Å². The van der Waals surface area contributed by atoms with E-state index in [0.29, 0.717) is 19.8 Å². The van der Waals surface area contributed by atoms with Gasteiger partial charge in [-0.15, -0.1) is 0 Å². The highest BCUT2D eigenvalue weighted by Gasteiger charge is 2.39. The monoisotopic (exact) mass is 273 g/mol. The second kappa shape index (κ2) is 8.36. The average molecular weight is 273 g/mol. The first-order valence-corrected chi connectivity index (χ1v) is 8.43. The van der Waals surface area contributed by atoms with Crippen molar-refractivity contribution in [3.05, 3.63) is 12.7 Å². The lowest BCUT2D eigenvalue weighted by Crippen LogP contribution is -2.46. The molecule has 0 saturated carbocycles. The van der Waals surface area contributed by atoms with Gasteiger partial charge in [-0.25, -0.2) is 4.98 Å². The second-order valence-electron chi connectivity index (χ2n) is 3.74. The van der Waals surface area contributed by atoms with E-state index in [-0.39, 0.29) is 0 Å². The third kappa shape index (κ3) is 4.85. The van der Waals surface area contributed by atoms with E-state index in [1.807, 2.05) is 25.5 Å². The molecule has 0 aliphatic carbocycles. The lowest BCUT2D eigenvalue weighted by molar-refractivity contribution is 0.0704. The standard InChI is InChI=1S/C11H23N3O3Si/c1-4-15-18(16-5-2,17-6-3)9-7-8-14-11-12-10-13-14/h10-11H,4-9H2,1-3H3. The molecule has 0 aliphatic heterocycles. The van der Waals surface area contributed by atoms with Crippen LogP contribution in [0.1, 0.15) is 27.2 Å². The van der Waals surface area contributed by atoms with Gasteiger partial charge in [0, 0.05) is 32.4 Å². The molecule has 0 aliphatic rings. The Morgan fingerprint density at radius 3 is 2.11 bits per heavy atom. The molecule has 1 rings (SSSR count). The summed E-state index contributed by atoms with van der Waals surface area (Å²) in [5, 5.41) is 4.07. The second-order valence-corrected chi connectivity index (χ2v) is 6.48. The predicted molar refractivity (Wildman–Crippen MR) is 70.1 cm³/mol. The molecule has 7 heteroatoms. The summed E-state index contributed by atoms with van der Waals surface area (Å²) in [4.78, 5) is 3.92. The van der Waals surface area contributed by atoms with Crippen molar-refractivity contribution in [1.82, 2.24) is 14.8 Å². The molecule has 1 aromatic rings. The molecule has 0 radical (unpaired) electrons. The van der Waals surface area contributed by atoms with Crippen LogP contribution in [0.25, 0.3) is 0 Å². The summed E-state index contributed by atoms with van der Waals surface area (Å²) in [5.41, 5.74) is 0. The van der Waals surface area contributed by atoms with Crippen molar-refractivity contribution in [1.29, 1.82) is 0 Å². The zero-order chi connectivity index (χ0) is 13.3. The molecule has 1 aromatic heterocycles. The Morgan fingerprint density at radius 2 is 1.67 bits per heavy atom. The lowest BCUT2D eigenvalue weighted by Gasteiger charge is -2.28. The molecule has 1 heterocycles. The van der Waals surface area contributed by atoms with Crippen LogP contribution >= 0.6 is 0 Å². The molecule has 0 aromatic carbocycles. The number of rotatable bonds is 10. The fraction of sp³-hybridized carbons (Fsp3) is 0.818. The van der Waals surface area contributed by atoms with Gasteiger partial charge in [0.15, 0.2) is 0 Å². The summed E-state index contributed by atoms with van der Waals surface area (Å²) in [7, 11) is -2.49. The highest BCUT2D eigenvalue weighted by atomic mass is 28.4. The molecule has 0 fully saturated rings. The van der Waals surface area contributed by atoms with Crippen LogP contribution in [0, 0.1) is 0 Å². The van der Waals surface area contributed by atoms with Crippen LogP contribution in [0.2, 0.25) is 6.04 Å². The molecule has 18 heavy (non-hydrogen) atoms. The fourth-order valence-corrected chi connectivity index (χ4v) is 4.40. The van der Waals surface area contributed by atoms with Gasteiger partial charge in [0.2, 0.25) is 0 Å². The van der Waals surface area contributed by atoms with E-state index in [1.165, 1.54) is 6.33 Å². The van der Waals surface area contributed by atoms with E-state index in [2.05, 4.69) is 10.1 Å². The maximum Gasteiger partial charge on any atom is 0.500 e. The largest absolute Gasteiger partial charge is 0.500 e. The van der Waals surface area contributed by atoms with Gasteiger partial charge in [-0.3, -0.25) is 4.68 Å². The quantitative estimate of drug-likeness (QED) is 0.607. The summed E-state index contributed by atoms with van der Waals surface area (Å²) in [5.74, 6) is 0. The van der Waals surface area contributed by atoms with Gasteiger partial charge in [-0.1, -0.05) is 0 Å². The van der Waals surface area contributed by atoms with Gasteiger partial charge in [-0.05, 0) is 27.2 Å². The molecule has 0 N–H and O–H groups in total. The average Bonchev–Trinajstić information content (AvgIpc) is 2.83. The molecule has 0 saturated heterocycles. The summed E-state index contributed by atoms with van der Waals surface area (Å²) in [6.07, 6.45) is 4.17. The summed E-state index contributed by atoms with van der Waals surface area (Å²) >= 11 is 0. The molecule has 6 nitrogen and oxygen atoms in total. The molecular formula is C11H23N3O3Si. The van der Waals surface area contributed by atoms with Gasteiger partial charge in [0.25, 0.3) is 0 Å². The molecule has 0 bridgehead atoms. The minimum atomic E-state index is -2.49. The molecule has 0 unspecified atom stereocenters. The van der Waals surface area contributed by atoms with Gasteiger partial charge >= 0.3 is 8.80 Å². The zero-order valence-corrected chi connectivity index (χ0v) is 12.5. The van der Waals surface area contributed by atoms with Crippen molar-refractivity contribution in [3.63, 3.8) is 0 Å². The highest BCUT2D eigenvalue weighted by molar-refractivity contribution is 6.60. The van der Waals surface area contributed by atoms with Crippen LogP contribution in [0.3, 0.4) is 0 Å². The third-order valence-electron chi connectivity index (χ3n) is 2.43. The normalized spacial score (nSPS) is 11.9. The van der Waals surface area contributed by atoms with Crippen molar-refractivity contribution in [2.45, 2.75) is 39.8 Å². The van der Waals surface area contributed by atoms with Crippen LogP contribution in [0.4, 0.5) is 0 Å². The van der Waals surface area contributed by atoms with E-state index in [4.69, 9.17) is 13.3 Å². The fourth-order valence-electron chi connectivity index (χ4n) is 1.81. The van der Waals surface area contributed by atoms with Crippen LogP contribution in [0.5, 0.6) is 0 Å². The van der Waals surface area contributed by atoms with Gasteiger partial charge < -0.3 is 13.3 Å². The smallest absolute Gasteiger partial charge is 0.374 e. The van der Waals surface area contributed by atoms with E-state index in [1.54, 1.807) is 6.33 Å². The van der Waals surface area contributed by atoms with Crippen molar-refractivity contribution >= 4 is 8.80 Å². The minimum Gasteiger partial charge on any atom is -0.374 e. The van der Waals surface area contributed by atoms with Crippen molar-refractivity contribution < 1.29 is 13.3 Å². The zero-order valence-electron chi connectivity index (χ0n) is 11.5. The first-order chi connectivity index (χ1) is 8.76. The number of aryl methyl sites for hydroxylation is 1. The predicted octanol–water partition coefficient (Wildman–Crippen LogP) is 1.72. The van der Waals surface area contributed by atoms with Gasteiger partial charge in [-0.2, -0.15) is 5.10 Å². The maximum absolute atomic E-state index is 5.78. The Hall–Kier alpha value is -0.763. The molecule has 104 valence electrons. The van der Waals surface area contributed by atoms with Crippen molar-refractivity contribution in [3.8, 4) is 0 Å². The van der Waals surface area contributed by atoms with E-state index < -0.39 is 8.80 Å². The van der Waals surface area contributed by atoms with Gasteiger partial charge in [0.1, 0.15) is 12.7 Å². The van der Waals surface area contributed by atoms with Crippen LogP contribution in [0.15, 0.2) is 12.7 Å². The minimum absolute atomic E-state index is 0.621. The molecule has 0 spiro atoms. The van der Waals surface area contributed by atoms with E-state index in [0.717, 1.165) is 19.0 Å². The third-order valence-corrected chi connectivity index (χ3v) is 5.58.